The number of anilines is 1. The number of benzene rings is 1. The molecule has 0 spiro atoms. The summed E-state index contributed by atoms with van der Waals surface area (Å²) in [5.74, 6) is -0.284. The van der Waals surface area contributed by atoms with Crippen LogP contribution < -0.4 is 11.1 Å². The minimum atomic E-state index is -0.212. The first kappa shape index (κ1) is 13.7. The Hall–Kier alpha value is -0.390. The normalized spacial score (nSPS) is 14.3. The van der Waals surface area contributed by atoms with Gasteiger partial charge in [0.2, 0.25) is 5.91 Å². The summed E-state index contributed by atoms with van der Waals surface area (Å²) in [6.07, 6.45) is 0. The van der Waals surface area contributed by atoms with Crippen LogP contribution in [0, 0.1) is 5.92 Å². The van der Waals surface area contributed by atoms with Crippen LogP contribution in [0.1, 0.15) is 13.8 Å². The second-order valence-corrected chi connectivity index (χ2v) is 5.53. The van der Waals surface area contributed by atoms with Crippen LogP contribution >= 0.6 is 31.9 Å². The highest BCUT2D eigenvalue weighted by molar-refractivity contribution is 9.11. The summed E-state index contributed by atoms with van der Waals surface area (Å²) in [5.41, 5.74) is 6.42. The fraction of sp³-hybridized carbons (Fsp3) is 0.364. The van der Waals surface area contributed by atoms with Gasteiger partial charge in [-0.15, -0.1) is 0 Å². The fourth-order valence-corrected chi connectivity index (χ4v) is 2.22. The van der Waals surface area contributed by atoms with E-state index in [1.165, 1.54) is 0 Å². The molecule has 0 aliphatic carbocycles. The molecule has 0 radical (unpaired) electrons. The number of carbonyl (C=O) groups excluding carboxylic acids is 1. The third kappa shape index (κ3) is 3.57. The first-order valence-corrected chi connectivity index (χ1v) is 6.52. The molecule has 1 rings (SSSR count). The topological polar surface area (TPSA) is 55.1 Å². The molecular formula is C11H14Br2N2O. The van der Waals surface area contributed by atoms with E-state index < -0.39 is 0 Å². The summed E-state index contributed by atoms with van der Waals surface area (Å²) >= 11 is 6.74. The highest BCUT2D eigenvalue weighted by atomic mass is 79.9. The van der Waals surface area contributed by atoms with Crippen LogP contribution in [0.2, 0.25) is 0 Å². The van der Waals surface area contributed by atoms with Gasteiger partial charge in [-0.2, -0.15) is 0 Å². The molecule has 0 fully saturated rings. The zero-order valence-corrected chi connectivity index (χ0v) is 12.3. The van der Waals surface area contributed by atoms with Gasteiger partial charge in [0.15, 0.2) is 0 Å². The number of carbonyl (C=O) groups is 1. The van der Waals surface area contributed by atoms with E-state index in [1.807, 2.05) is 32.0 Å². The van der Waals surface area contributed by atoms with Gasteiger partial charge in [0.25, 0.3) is 0 Å². The van der Waals surface area contributed by atoms with Gasteiger partial charge in [-0.3, -0.25) is 4.79 Å². The predicted octanol–water partition coefficient (Wildman–Crippen LogP) is 3.13. The molecule has 2 unspecified atom stereocenters. The summed E-state index contributed by atoms with van der Waals surface area (Å²) in [6.45, 7) is 3.63. The SMILES string of the molecule is CC(N)C(C)C(=O)Nc1ccc(Br)cc1Br. The molecule has 0 saturated heterocycles. The standard InChI is InChI=1S/C11H14Br2N2O/c1-6(7(2)14)11(16)15-10-4-3-8(12)5-9(10)13/h3-7H,14H2,1-2H3,(H,15,16). The molecule has 88 valence electrons. The van der Waals surface area contributed by atoms with E-state index >= 15 is 0 Å². The molecule has 3 nitrogen and oxygen atoms in total. The molecule has 0 aliphatic rings. The maximum absolute atomic E-state index is 11.8. The van der Waals surface area contributed by atoms with Gasteiger partial charge in [0, 0.05) is 15.0 Å². The third-order valence-corrected chi connectivity index (χ3v) is 3.54. The van der Waals surface area contributed by atoms with Crippen molar-refractivity contribution in [2.24, 2.45) is 11.7 Å². The van der Waals surface area contributed by atoms with E-state index in [1.54, 1.807) is 0 Å². The summed E-state index contributed by atoms with van der Waals surface area (Å²) in [4.78, 5) is 11.8. The van der Waals surface area contributed by atoms with Crippen molar-refractivity contribution < 1.29 is 4.79 Å². The van der Waals surface area contributed by atoms with Crippen molar-refractivity contribution in [1.82, 2.24) is 0 Å². The molecule has 0 heterocycles. The van der Waals surface area contributed by atoms with E-state index in [2.05, 4.69) is 37.2 Å². The van der Waals surface area contributed by atoms with E-state index in [0.717, 1.165) is 14.6 Å². The van der Waals surface area contributed by atoms with Gasteiger partial charge in [-0.05, 0) is 41.1 Å². The molecule has 16 heavy (non-hydrogen) atoms. The second kappa shape index (κ2) is 5.80. The van der Waals surface area contributed by atoms with Crippen molar-refractivity contribution in [3.05, 3.63) is 27.1 Å². The zero-order chi connectivity index (χ0) is 12.3. The van der Waals surface area contributed by atoms with Crippen molar-refractivity contribution >= 4 is 43.5 Å². The summed E-state index contributed by atoms with van der Waals surface area (Å²) in [5, 5.41) is 2.83. The Bertz CT molecular complexity index is 394. The lowest BCUT2D eigenvalue weighted by molar-refractivity contribution is -0.119. The lowest BCUT2D eigenvalue weighted by Crippen LogP contribution is -2.34. The first-order valence-electron chi connectivity index (χ1n) is 4.93. The number of hydrogen-bond acceptors (Lipinski definition) is 2. The number of rotatable bonds is 3. The number of halogens is 2. The highest BCUT2D eigenvalue weighted by Crippen LogP contribution is 2.26. The summed E-state index contributed by atoms with van der Waals surface area (Å²) in [6, 6.07) is 5.43. The Morgan fingerprint density at radius 2 is 2.00 bits per heavy atom. The first-order chi connectivity index (χ1) is 7.41. The Morgan fingerprint density at radius 3 is 2.50 bits per heavy atom. The van der Waals surface area contributed by atoms with Crippen LogP contribution in [0.4, 0.5) is 5.69 Å². The smallest absolute Gasteiger partial charge is 0.228 e. The van der Waals surface area contributed by atoms with Crippen molar-refractivity contribution in [3.8, 4) is 0 Å². The van der Waals surface area contributed by atoms with Crippen LogP contribution in [0.25, 0.3) is 0 Å². The van der Waals surface area contributed by atoms with Crippen molar-refractivity contribution in [2.75, 3.05) is 5.32 Å². The van der Waals surface area contributed by atoms with Crippen LogP contribution in [-0.2, 0) is 4.79 Å². The quantitative estimate of drug-likeness (QED) is 0.880. The largest absolute Gasteiger partial charge is 0.327 e. The number of nitrogens with one attached hydrogen (secondary N) is 1. The fourth-order valence-electron chi connectivity index (χ4n) is 1.08. The zero-order valence-electron chi connectivity index (χ0n) is 9.13. The van der Waals surface area contributed by atoms with E-state index in [9.17, 15) is 4.79 Å². The molecule has 1 aromatic carbocycles. The Morgan fingerprint density at radius 1 is 1.38 bits per heavy atom. The molecule has 0 bridgehead atoms. The van der Waals surface area contributed by atoms with Gasteiger partial charge >= 0.3 is 0 Å². The Labute approximate surface area is 112 Å². The van der Waals surface area contributed by atoms with Crippen molar-refractivity contribution in [3.63, 3.8) is 0 Å². The van der Waals surface area contributed by atoms with Gasteiger partial charge in [-0.1, -0.05) is 22.9 Å². The van der Waals surface area contributed by atoms with Crippen LogP contribution in [0.5, 0.6) is 0 Å². The minimum absolute atomic E-state index is 0.0713. The third-order valence-electron chi connectivity index (χ3n) is 2.39. The van der Waals surface area contributed by atoms with Crippen LogP contribution in [-0.4, -0.2) is 11.9 Å². The molecule has 1 aromatic rings. The van der Waals surface area contributed by atoms with Gasteiger partial charge in [0.1, 0.15) is 0 Å². The lowest BCUT2D eigenvalue weighted by atomic mass is 10.0. The monoisotopic (exact) mass is 348 g/mol. The molecule has 3 N–H and O–H groups in total. The highest BCUT2D eigenvalue weighted by Gasteiger charge is 2.17. The molecule has 0 aromatic heterocycles. The average molecular weight is 350 g/mol. The second-order valence-electron chi connectivity index (χ2n) is 3.76. The molecule has 1 amide bonds. The predicted molar refractivity (Wildman–Crippen MR) is 73.3 cm³/mol. The number of nitrogens with two attached hydrogens (primary N) is 1. The van der Waals surface area contributed by atoms with Gasteiger partial charge in [-0.25, -0.2) is 0 Å². The summed E-state index contributed by atoms with van der Waals surface area (Å²) in [7, 11) is 0. The van der Waals surface area contributed by atoms with E-state index in [0.29, 0.717) is 0 Å². The van der Waals surface area contributed by atoms with Crippen molar-refractivity contribution in [2.45, 2.75) is 19.9 Å². The Balaban J connectivity index is 2.77. The van der Waals surface area contributed by atoms with Crippen molar-refractivity contribution in [1.29, 1.82) is 0 Å². The molecule has 0 saturated carbocycles. The number of amides is 1. The number of hydrogen-bond donors (Lipinski definition) is 2. The van der Waals surface area contributed by atoms with Gasteiger partial charge < -0.3 is 11.1 Å². The maximum atomic E-state index is 11.8. The van der Waals surface area contributed by atoms with Crippen LogP contribution in [0.3, 0.4) is 0 Å². The van der Waals surface area contributed by atoms with Crippen LogP contribution in [0.15, 0.2) is 27.1 Å². The molecule has 0 aliphatic heterocycles. The lowest BCUT2D eigenvalue weighted by Gasteiger charge is -2.16. The van der Waals surface area contributed by atoms with Gasteiger partial charge in [0.05, 0.1) is 11.6 Å². The van der Waals surface area contributed by atoms with E-state index in [-0.39, 0.29) is 17.9 Å². The maximum Gasteiger partial charge on any atom is 0.228 e. The average Bonchev–Trinajstić information content (AvgIpc) is 2.20. The summed E-state index contributed by atoms with van der Waals surface area (Å²) < 4.78 is 1.80. The van der Waals surface area contributed by atoms with E-state index in [4.69, 9.17) is 5.73 Å². The molecular weight excluding hydrogens is 336 g/mol. The molecule has 5 heteroatoms. The minimum Gasteiger partial charge on any atom is -0.327 e. The Kier molecular flexibility index (Phi) is 4.95. The molecule has 2 atom stereocenters.